The summed E-state index contributed by atoms with van der Waals surface area (Å²) in [4.78, 5) is 16.5. The Morgan fingerprint density at radius 1 is 1.18 bits per heavy atom. The molecule has 0 aliphatic carbocycles. The van der Waals surface area contributed by atoms with E-state index in [1.165, 1.54) is 20.3 Å². The standard InChI is InChI=1S/C19H25ClN2O5S/c1-26-17-12-14(11-16(20)19(17)27-2)3-4-18(23)22-8-6-21(7-9-22)15-5-10-28(24,25)13-15/h3-4,11-12,15H,5-10,13H2,1-2H3/b4-3+. The molecule has 1 aromatic carbocycles. The highest BCUT2D eigenvalue weighted by molar-refractivity contribution is 7.91. The van der Waals surface area contributed by atoms with Crippen molar-refractivity contribution in [3.8, 4) is 11.5 Å². The summed E-state index contributed by atoms with van der Waals surface area (Å²) in [7, 11) is 0.155. The van der Waals surface area contributed by atoms with Crippen LogP contribution in [0.2, 0.25) is 5.02 Å². The van der Waals surface area contributed by atoms with Crippen LogP contribution in [0.3, 0.4) is 0 Å². The first-order valence-electron chi connectivity index (χ1n) is 9.16. The van der Waals surface area contributed by atoms with E-state index in [1.807, 2.05) is 0 Å². The first-order chi connectivity index (χ1) is 13.3. The Morgan fingerprint density at radius 2 is 1.89 bits per heavy atom. The van der Waals surface area contributed by atoms with Crippen molar-refractivity contribution in [3.63, 3.8) is 0 Å². The third kappa shape index (κ3) is 4.79. The molecule has 0 aromatic heterocycles. The van der Waals surface area contributed by atoms with Crippen molar-refractivity contribution in [2.45, 2.75) is 12.5 Å². The summed E-state index contributed by atoms with van der Waals surface area (Å²) in [6, 6.07) is 3.56. The Kier molecular flexibility index (Phi) is 6.52. The minimum Gasteiger partial charge on any atom is -0.493 e. The highest BCUT2D eigenvalue weighted by Gasteiger charge is 2.34. The molecule has 0 bridgehead atoms. The lowest BCUT2D eigenvalue weighted by atomic mass is 10.1. The minimum atomic E-state index is -2.89. The van der Waals surface area contributed by atoms with Crippen LogP contribution in [0.4, 0.5) is 0 Å². The Bertz CT molecular complexity index is 863. The van der Waals surface area contributed by atoms with Gasteiger partial charge in [-0.2, -0.15) is 0 Å². The number of halogens is 1. The van der Waals surface area contributed by atoms with Gasteiger partial charge in [-0.15, -0.1) is 0 Å². The molecule has 154 valence electrons. The fourth-order valence-corrected chi connectivity index (χ4v) is 5.74. The number of carbonyl (C=O) groups excluding carboxylic acids is 1. The Hall–Kier alpha value is -1.77. The van der Waals surface area contributed by atoms with E-state index in [0.717, 1.165) is 5.56 Å². The van der Waals surface area contributed by atoms with Gasteiger partial charge in [-0.05, 0) is 30.2 Å². The van der Waals surface area contributed by atoms with Gasteiger partial charge in [-0.3, -0.25) is 9.69 Å². The molecular weight excluding hydrogens is 404 g/mol. The quantitative estimate of drug-likeness (QED) is 0.664. The van der Waals surface area contributed by atoms with Crippen molar-refractivity contribution in [1.82, 2.24) is 9.80 Å². The van der Waals surface area contributed by atoms with Gasteiger partial charge in [-0.25, -0.2) is 8.42 Å². The van der Waals surface area contributed by atoms with Crippen LogP contribution in [0.1, 0.15) is 12.0 Å². The van der Waals surface area contributed by atoms with Crippen LogP contribution in [0.5, 0.6) is 11.5 Å². The number of hydrogen-bond acceptors (Lipinski definition) is 6. The van der Waals surface area contributed by atoms with Gasteiger partial charge in [-0.1, -0.05) is 11.6 Å². The monoisotopic (exact) mass is 428 g/mol. The van der Waals surface area contributed by atoms with Crippen molar-refractivity contribution < 1.29 is 22.7 Å². The van der Waals surface area contributed by atoms with E-state index >= 15 is 0 Å². The first-order valence-corrected chi connectivity index (χ1v) is 11.4. The van der Waals surface area contributed by atoms with Gasteiger partial charge in [0.1, 0.15) is 0 Å². The maximum absolute atomic E-state index is 12.5. The number of sulfone groups is 1. The van der Waals surface area contributed by atoms with Crippen LogP contribution < -0.4 is 9.47 Å². The van der Waals surface area contributed by atoms with Crippen LogP contribution in [-0.4, -0.2) is 82.1 Å². The fourth-order valence-electron chi connectivity index (χ4n) is 3.68. The molecule has 1 unspecified atom stereocenters. The highest BCUT2D eigenvalue weighted by atomic mass is 35.5. The van der Waals surface area contributed by atoms with Gasteiger partial charge in [0, 0.05) is 38.3 Å². The van der Waals surface area contributed by atoms with Crippen LogP contribution in [0.15, 0.2) is 18.2 Å². The molecule has 7 nitrogen and oxygen atoms in total. The molecule has 3 rings (SSSR count). The molecule has 0 spiro atoms. The molecule has 0 radical (unpaired) electrons. The van der Waals surface area contributed by atoms with E-state index in [-0.39, 0.29) is 23.5 Å². The van der Waals surface area contributed by atoms with Gasteiger partial charge >= 0.3 is 0 Å². The van der Waals surface area contributed by atoms with Crippen molar-refractivity contribution in [3.05, 3.63) is 28.8 Å². The average molecular weight is 429 g/mol. The molecule has 1 aromatic rings. The number of carbonyl (C=O) groups is 1. The summed E-state index contributed by atoms with van der Waals surface area (Å²) in [6.07, 6.45) is 3.91. The lowest BCUT2D eigenvalue weighted by Gasteiger charge is -2.37. The first kappa shape index (κ1) is 21.0. The fraction of sp³-hybridized carbons (Fsp3) is 0.526. The topological polar surface area (TPSA) is 76.2 Å². The van der Waals surface area contributed by atoms with Crippen molar-refractivity contribution in [1.29, 1.82) is 0 Å². The Balaban J connectivity index is 1.58. The summed E-state index contributed by atoms with van der Waals surface area (Å²) >= 11 is 6.19. The number of benzene rings is 1. The number of piperazine rings is 1. The number of nitrogens with zero attached hydrogens (tertiary/aromatic N) is 2. The van der Waals surface area contributed by atoms with Gasteiger partial charge in [0.25, 0.3) is 0 Å². The summed E-state index contributed by atoms with van der Waals surface area (Å²) < 4.78 is 33.8. The zero-order valence-corrected chi connectivity index (χ0v) is 17.6. The van der Waals surface area contributed by atoms with Crippen LogP contribution in [0, 0.1) is 0 Å². The summed E-state index contributed by atoms with van der Waals surface area (Å²) in [5, 5.41) is 0.411. The summed E-state index contributed by atoms with van der Waals surface area (Å²) in [5.41, 5.74) is 0.741. The molecule has 1 amide bonds. The SMILES string of the molecule is COc1cc(/C=C/C(=O)N2CCN(C3CCS(=O)(=O)C3)CC2)cc(Cl)c1OC. The molecule has 28 heavy (non-hydrogen) atoms. The summed E-state index contributed by atoms with van der Waals surface area (Å²) in [6.45, 7) is 2.57. The van der Waals surface area contributed by atoms with E-state index < -0.39 is 9.84 Å². The molecule has 2 aliphatic heterocycles. The van der Waals surface area contributed by atoms with E-state index in [4.69, 9.17) is 21.1 Å². The van der Waals surface area contributed by atoms with E-state index in [2.05, 4.69) is 4.90 Å². The third-order valence-corrected chi connectivity index (χ3v) is 7.26. The lowest BCUT2D eigenvalue weighted by Crippen LogP contribution is -2.52. The third-order valence-electron chi connectivity index (χ3n) is 5.22. The van der Waals surface area contributed by atoms with Crippen LogP contribution in [-0.2, 0) is 14.6 Å². The van der Waals surface area contributed by atoms with Gasteiger partial charge in [0.2, 0.25) is 5.91 Å². The molecule has 0 saturated carbocycles. The average Bonchev–Trinajstić information content (AvgIpc) is 3.05. The number of amides is 1. The molecular formula is C19H25ClN2O5S. The molecule has 2 saturated heterocycles. The maximum atomic E-state index is 12.5. The van der Waals surface area contributed by atoms with Crippen molar-refractivity contribution in [2.75, 3.05) is 51.9 Å². The summed E-state index contributed by atoms with van der Waals surface area (Å²) in [5.74, 6) is 1.39. The van der Waals surface area contributed by atoms with Crippen molar-refractivity contribution in [2.24, 2.45) is 0 Å². The second kappa shape index (κ2) is 8.71. The molecule has 2 aliphatic rings. The zero-order valence-electron chi connectivity index (χ0n) is 16.1. The minimum absolute atomic E-state index is 0.0791. The lowest BCUT2D eigenvalue weighted by molar-refractivity contribution is -0.127. The molecule has 9 heteroatoms. The molecule has 0 N–H and O–H groups in total. The van der Waals surface area contributed by atoms with Gasteiger partial charge in [0.15, 0.2) is 21.3 Å². The second-order valence-electron chi connectivity index (χ2n) is 6.99. The molecule has 2 fully saturated rings. The molecule has 1 atom stereocenters. The van der Waals surface area contributed by atoms with E-state index in [0.29, 0.717) is 49.1 Å². The largest absolute Gasteiger partial charge is 0.493 e. The van der Waals surface area contributed by atoms with Crippen LogP contribution in [0.25, 0.3) is 6.08 Å². The normalized spacial score (nSPS) is 22.5. The number of hydrogen-bond donors (Lipinski definition) is 0. The van der Waals surface area contributed by atoms with E-state index in [9.17, 15) is 13.2 Å². The highest BCUT2D eigenvalue weighted by Crippen LogP contribution is 2.36. The zero-order chi connectivity index (χ0) is 20.3. The molecule has 2 heterocycles. The number of rotatable bonds is 5. The Labute approximate surface area is 170 Å². The number of methoxy groups -OCH3 is 2. The van der Waals surface area contributed by atoms with Crippen molar-refractivity contribution >= 4 is 33.4 Å². The maximum Gasteiger partial charge on any atom is 0.246 e. The second-order valence-corrected chi connectivity index (χ2v) is 9.63. The van der Waals surface area contributed by atoms with E-state index in [1.54, 1.807) is 23.1 Å². The van der Waals surface area contributed by atoms with Gasteiger partial charge in [0.05, 0.1) is 30.7 Å². The van der Waals surface area contributed by atoms with Crippen LogP contribution >= 0.6 is 11.6 Å². The van der Waals surface area contributed by atoms with Gasteiger partial charge < -0.3 is 14.4 Å². The Morgan fingerprint density at radius 3 is 2.46 bits per heavy atom. The number of ether oxygens (including phenoxy) is 2. The predicted molar refractivity (Wildman–Crippen MR) is 109 cm³/mol. The predicted octanol–water partition coefficient (Wildman–Crippen LogP) is 1.70. The smallest absolute Gasteiger partial charge is 0.246 e.